The highest BCUT2D eigenvalue weighted by Crippen LogP contribution is 2.31. The van der Waals surface area contributed by atoms with Gasteiger partial charge in [0.1, 0.15) is 5.75 Å². The third kappa shape index (κ3) is 2.92. The van der Waals surface area contributed by atoms with Gasteiger partial charge >= 0.3 is 0 Å². The van der Waals surface area contributed by atoms with Crippen LogP contribution in [0.4, 0.5) is 0 Å². The first-order valence-electron chi connectivity index (χ1n) is 5.85. The highest BCUT2D eigenvalue weighted by molar-refractivity contribution is 7.71. The first-order valence-corrected chi connectivity index (χ1v) is 6.64. The van der Waals surface area contributed by atoms with Crippen LogP contribution in [-0.4, -0.2) is 28.4 Å². The van der Waals surface area contributed by atoms with Crippen molar-refractivity contribution in [1.82, 2.24) is 9.55 Å². The van der Waals surface area contributed by atoms with Crippen molar-refractivity contribution >= 4 is 23.8 Å². The van der Waals surface area contributed by atoms with Crippen LogP contribution in [0.5, 0.6) is 5.75 Å². The number of aliphatic hydroxyl groups excluding tert-OH is 1. The standard InChI is InChI=1S/C13H13ClN2O3S/c1-19-11-3-2-8(14)6-9(11)10-7-12(18)15-13(20)16(10)4-5-17/h2-3,6-7,17H,4-5H2,1H3,(H,15,18,20). The Hall–Kier alpha value is -1.63. The molecule has 2 rings (SSSR count). The van der Waals surface area contributed by atoms with Gasteiger partial charge in [0.05, 0.1) is 19.4 Å². The van der Waals surface area contributed by atoms with Gasteiger partial charge in [-0.1, -0.05) is 11.6 Å². The largest absolute Gasteiger partial charge is 0.496 e. The molecule has 0 spiro atoms. The van der Waals surface area contributed by atoms with Crippen LogP contribution < -0.4 is 10.3 Å². The lowest BCUT2D eigenvalue weighted by Gasteiger charge is -2.15. The van der Waals surface area contributed by atoms with Gasteiger partial charge in [-0.25, -0.2) is 0 Å². The molecule has 0 aliphatic carbocycles. The summed E-state index contributed by atoms with van der Waals surface area (Å²) in [7, 11) is 1.53. The molecule has 0 radical (unpaired) electrons. The molecule has 0 saturated heterocycles. The van der Waals surface area contributed by atoms with E-state index < -0.39 is 0 Å². The molecule has 0 saturated carbocycles. The van der Waals surface area contributed by atoms with Crippen molar-refractivity contribution in [3.63, 3.8) is 0 Å². The smallest absolute Gasteiger partial charge is 0.252 e. The average Bonchev–Trinajstić information content (AvgIpc) is 2.41. The fraction of sp³-hybridized carbons (Fsp3) is 0.231. The number of aromatic amines is 1. The van der Waals surface area contributed by atoms with Gasteiger partial charge in [-0.15, -0.1) is 0 Å². The number of aromatic nitrogens is 2. The molecule has 1 aromatic heterocycles. The Morgan fingerprint density at radius 1 is 1.45 bits per heavy atom. The molecule has 106 valence electrons. The Balaban J connectivity index is 2.77. The summed E-state index contributed by atoms with van der Waals surface area (Å²) >= 11 is 11.1. The number of nitrogens with zero attached hydrogens (tertiary/aromatic N) is 1. The first kappa shape index (κ1) is 14.8. The van der Waals surface area contributed by atoms with Gasteiger partial charge in [-0.2, -0.15) is 0 Å². The summed E-state index contributed by atoms with van der Waals surface area (Å²) in [5, 5.41) is 9.67. The van der Waals surface area contributed by atoms with E-state index in [4.69, 9.17) is 33.7 Å². The maximum atomic E-state index is 11.7. The summed E-state index contributed by atoms with van der Waals surface area (Å²) < 4.78 is 7.16. The lowest BCUT2D eigenvalue weighted by atomic mass is 10.1. The first-order chi connectivity index (χ1) is 9.56. The summed E-state index contributed by atoms with van der Waals surface area (Å²) in [6, 6.07) is 6.50. The molecule has 0 aliphatic rings. The molecule has 1 heterocycles. The van der Waals surface area contributed by atoms with E-state index in [0.717, 1.165) is 0 Å². The highest BCUT2D eigenvalue weighted by atomic mass is 35.5. The monoisotopic (exact) mass is 312 g/mol. The lowest BCUT2D eigenvalue weighted by molar-refractivity contribution is 0.275. The predicted octanol–water partition coefficient (Wildman–Crippen LogP) is 2.23. The van der Waals surface area contributed by atoms with Crippen molar-refractivity contribution in [1.29, 1.82) is 0 Å². The molecule has 0 aliphatic heterocycles. The van der Waals surface area contributed by atoms with Crippen molar-refractivity contribution in [3.05, 3.63) is 44.4 Å². The van der Waals surface area contributed by atoms with Gasteiger partial charge in [0, 0.05) is 23.2 Å². The Labute approximate surface area is 125 Å². The van der Waals surface area contributed by atoms with Gasteiger partial charge in [-0.3, -0.25) is 9.78 Å². The molecule has 0 atom stereocenters. The summed E-state index contributed by atoms with van der Waals surface area (Å²) in [4.78, 5) is 14.2. The maximum Gasteiger partial charge on any atom is 0.252 e. The number of aliphatic hydroxyl groups is 1. The number of ether oxygens (including phenoxy) is 1. The second-order valence-corrected chi connectivity index (χ2v) is 4.87. The Kier molecular flexibility index (Phi) is 4.59. The van der Waals surface area contributed by atoms with Crippen LogP contribution in [0.1, 0.15) is 0 Å². The average molecular weight is 313 g/mol. The lowest BCUT2D eigenvalue weighted by Crippen LogP contribution is -2.16. The highest BCUT2D eigenvalue weighted by Gasteiger charge is 2.12. The van der Waals surface area contributed by atoms with Gasteiger partial charge in [0.2, 0.25) is 0 Å². The molecular formula is C13H13ClN2O3S. The maximum absolute atomic E-state index is 11.7. The zero-order valence-electron chi connectivity index (χ0n) is 10.7. The third-order valence-corrected chi connectivity index (χ3v) is 3.35. The van der Waals surface area contributed by atoms with Crippen LogP contribution in [-0.2, 0) is 6.54 Å². The number of halogens is 1. The van der Waals surface area contributed by atoms with E-state index in [-0.39, 0.29) is 23.5 Å². The van der Waals surface area contributed by atoms with Gasteiger partial charge in [-0.05, 0) is 30.4 Å². The summed E-state index contributed by atoms with van der Waals surface area (Å²) in [6.07, 6.45) is 0. The second-order valence-electron chi connectivity index (χ2n) is 4.04. The molecular weight excluding hydrogens is 300 g/mol. The van der Waals surface area contributed by atoms with E-state index in [9.17, 15) is 4.79 Å². The summed E-state index contributed by atoms with van der Waals surface area (Å²) in [5.41, 5.74) is 0.874. The van der Waals surface area contributed by atoms with E-state index in [0.29, 0.717) is 22.0 Å². The second kappa shape index (κ2) is 6.21. The Bertz CT molecular complexity index is 739. The van der Waals surface area contributed by atoms with E-state index >= 15 is 0 Å². The molecule has 0 unspecified atom stereocenters. The number of hydrogen-bond acceptors (Lipinski definition) is 4. The van der Waals surface area contributed by atoms with Crippen molar-refractivity contribution in [2.75, 3.05) is 13.7 Å². The van der Waals surface area contributed by atoms with Crippen LogP contribution in [0.3, 0.4) is 0 Å². The van der Waals surface area contributed by atoms with Gasteiger partial charge < -0.3 is 14.4 Å². The number of hydrogen-bond donors (Lipinski definition) is 2. The third-order valence-electron chi connectivity index (χ3n) is 2.79. The fourth-order valence-electron chi connectivity index (χ4n) is 1.95. The van der Waals surface area contributed by atoms with Crippen LogP contribution in [0.15, 0.2) is 29.1 Å². The Morgan fingerprint density at radius 2 is 2.20 bits per heavy atom. The molecule has 0 amide bonds. The van der Waals surface area contributed by atoms with Gasteiger partial charge in [0.25, 0.3) is 5.56 Å². The zero-order valence-corrected chi connectivity index (χ0v) is 12.3. The Morgan fingerprint density at radius 3 is 2.85 bits per heavy atom. The van der Waals surface area contributed by atoms with Crippen molar-refractivity contribution in [3.8, 4) is 17.0 Å². The van der Waals surface area contributed by atoms with E-state index in [1.165, 1.54) is 13.2 Å². The SMILES string of the molecule is COc1ccc(Cl)cc1-c1cc(=O)[nH]c(=S)n1CCO. The minimum atomic E-state index is -0.318. The molecule has 7 heteroatoms. The zero-order chi connectivity index (χ0) is 14.7. The number of nitrogens with one attached hydrogen (secondary N) is 1. The van der Waals surface area contributed by atoms with Crippen LogP contribution >= 0.6 is 23.8 Å². The molecule has 20 heavy (non-hydrogen) atoms. The van der Waals surface area contributed by atoms with E-state index in [1.807, 2.05) is 0 Å². The number of rotatable bonds is 4. The summed E-state index contributed by atoms with van der Waals surface area (Å²) in [6.45, 7) is 0.164. The van der Waals surface area contributed by atoms with Crippen molar-refractivity contribution in [2.24, 2.45) is 0 Å². The fourth-order valence-corrected chi connectivity index (χ4v) is 2.41. The topological polar surface area (TPSA) is 67.2 Å². The number of H-pyrrole nitrogens is 1. The summed E-state index contributed by atoms with van der Waals surface area (Å²) in [5.74, 6) is 0.570. The number of benzene rings is 1. The van der Waals surface area contributed by atoms with E-state index in [1.54, 1.807) is 22.8 Å². The van der Waals surface area contributed by atoms with E-state index in [2.05, 4.69) is 4.98 Å². The van der Waals surface area contributed by atoms with Crippen LogP contribution in [0, 0.1) is 4.77 Å². The predicted molar refractivity (Wildman–Crippen MR) is 80.0 cm³/mol. The van der Waals surface area contributed by atoms with Crippen LogP contribution in [0.2, 0.25) is 5.02 Å². The van der Waals surface area contributed by atoms with Gasteiger partial charge in [0.15, 0.2) is 4.77 Å². The van der Waals surface area contributed by atoms with Crippen molar-refractivity contribution in [2.45, 2.75) is 6.54 Å². The minimum absolute atomic E-state index is 0.101. The minimum Gasteiger partial charge on any atom is -0.496 e. The normalized spacial score (nSPS) is 10.6. The van der Waals surface area contributed by atoms with Crippen LogP contribution in [0.25, 0.3) is 11.3 Å². The number of methoxy groups -OCH3 is 1. The molecule has 2 N–H and O–H groups in total. The molecule has 5 nitrogen and oxygen atoms in total. The molecule has 0 fully saturated rings. The molecule has 1 aromatic carbocycles. The molecule has 2 aromatic rings. The quantitative estimate of drug-likeness (QED) is 0.850. The van der Waals surface area contributed by atoms with Crippen molar-refractivity contribution < 1.29 is 9.84 Å². The molecule has 0 bridgehead atoms.